The van der Waals surface area contributed by atoms with E-state index >= 15 is 0 Å². The Morgan fingerprint density at radius 1 is 1.44 bits per heavy atom. The normalized spacial score (nSPS) is 12.5. The molecule has 0 radical (unpaired) electrons. The van der Waals surface area contributed by atoms with Gasteiger partial charge in [-0.15, -0.1) is 0 Å². The first-order valence-corrected chi connectivity index (χ1v) is 5.04. The highest BCUT2D eigenvalue weighted by atomic mass is 16.6. The van der Waals surface area contributed by atoms with Gasteiger partial charge in [-0.3, -0.25) is 14.5 Å². The molecule has 0 saturated heterocycles. The van der Waals surface area contributed by atoms with Crippen molar-refractivity contribution >= 4 is 11.9 Å². The lowest BCUT2D eigenvalue weighted by Crippen LogP contribution is -2.32. The van der Waals surface area contributed by atoms with Gasteiger partial charge in [0.2, 0.25) is 0 Å². The zero-order chi connectivity index (χ0) is 12.6. The van der Waals surface area contributed by atoms with Gasteiger partial charge in [-0.1, -0.05) is 0 Å². The highest BCUT2D eigenvalue weighted by molar-refractivity contribution is 5.72. The largest absolute Gasteiger partial charge is 0.481 e. The van der Waals surface area contributed by atoms with E-state index in [0.29, 0.717) is 13.2 Å². The topological polar surface area (TPSA) is 76.1 Å². The molecule has 0 aliphatic rings. The number of carbonyl (C=O) groups excluding carboxylic acids is 1. The number of aliphatic carboxylic acids is 1. The van der Waals surface area contributed by atoms with Crippen LogP contribution in [0.25, 0.3) is 0 Å². The Hall–Kier alpha value is -1.14. The van der Waals surface area contributed by atoms with Gasteiger partial charge in [0.25, 0.3) is 0 Å². The average molecular weight is 233 g/mol. The summed E-state index contributed by atoms with van der Waals surface area (Å²) in [6.07, 6.45) is -0.275. The van der Waals surface area contributed by atoms with Gasteiger partial charge in [-0.05, 0) is 14.0 Å². The van der Waals surface area contributed by atoms with E-state index in [9.17, 15) is 9.59 Å². The van der Waals surface area contributed by atoms with Crippen molar-refractivity contribution in [2.45, 2.75) is 19.4 Å². The molecule has 0 aromatic carbocycles. The van der Waals surface area contributed by atoms with E-state index in [1.807, 2.05) is 0 Å². The molecule has 1 N–H and O–H groups in total. The van der Waals surface area contributed by atoms with Crippen LogP contribution in [0.2, 0.25) is 0 Å². The van der Waals surface area contributed by atoms with Gasteiger partial charge < -0.3 is 14.6 Å². The second-order valence-electron chi connectivity index (χ2n) is 3.64. The van der Waals surface area contributed by atoms with E-state index in [1.165, 1.54) is 7.11 Å². The molecule has 0 aliphatic carbocycles. The summed E-state index contributed by atoms with van der Waals surface area (Å²) in [5.41, 5.74) is 0. The molecule has 0 aromatic rings. The van der Waals surface area contributed by atoms with Crippen LogP contribution in [-0.4, -0.2) is 61.9 Å². The van der Waals surface area contributed by atoms with Gasteiger partial charge in [0.05, 0.1) is 19.6 Å². The molecule has 0 heterocycles. The van der Waals surface area contributed by atoms with Crippen LogP contribution >= 0.6 is 0 Å². The van der Waals surface area contributed by atoms with E-state index in [4.69, 9.17) is 14.6 Å². The number of carboxylic acid groups (broad SMARTS) is 1. The quantitative estimate of drug-likeness (QED) is 0.593. The molecule has 1 unspecified atom stereocenters. The number of carboxylic acids is 1. The first-order valence-electron chi connectivity index (χ1n) is 5.04. The maximum atomic E-state index is 11.3. The summed E-state index contributed by atoms with van der Waals surface area (Å²) >= 11 is 0. The first kappa shape index (κ1) is 14.9. The fourth-order valence-electron chi connectivity index (χ4n) is 1.12. The Balaban J connectivity index is 3.73. The highest BCUT2D eigenvalue weighted by Crippen LogP contribution is 1.95. The van der Waals surface area contributed by atoms with E-state index < -0.39 is 5.97 Å². The van der Waals surface area contributed by atoms with Gasteiger partial charge in [-0.2, -0.15) is 0 Å². The molecule has 1 atom stereocenters. The van der Waals surface area contributed by atoms with Crippen molar-refractivity contribution in [3.05, 3.63) is 0 Å². The molecular weight excluding hydrogens is 214 g/mol. The Bertz CT molecular complexity index is 231. The van der Waals surface area contributed by atoms with E-state index in [0.717, 1.165) is 0 Å². The number of ether oxygens (including phenoxy) is 2. The van der Waals surface area contributed by atoms with Crippen molar-refractivity contribution in [3.63, 3.8) is 0 Å². The first-order chi connectivity index (χ1) is 7.45. The van der Waals surface area contributed by atoms with Crippen LogP contribution in [0.3, 0.4) is 0 Å². The fourth-order valence-corrected chi connectivity index (χ4v) is 1.12. The van der Waals surface area contributed by atoms with Crippen molar-refractivity contribution in [2.75, 3.05) is 33.9 Å². The summed E-state index contributed by atoms with van der Waals surface area (Å²) in [6.45, 7) is 2.49. The van der Waals surface area contributed by atoms with Crippen LogP contribution in [0.5, 0.6) is 0 Å². The summed E-state index contributed by atoms with van der Waals surface area (Å²) < 4.78 is 9.84. The Morgan fingerprint density at radius 3 is 2.56 bits per heavy atom. The summed E-state index contributed by atoms with van der Waals surface area (Å²) in [4.78, 5) is 23.2. The van der Waals surface area contributed by atoms with Crippen molar-refractivity contribution in [1.82, 2.24) is 4.90 Å². The second kappa shape index (κ2) is 8.06. The predicted molar refractivity (Wildman–Crippen MR) is 57.2 cm³/mol. The van der Waals surface area contributed by atoms with Gasteiger partial charge in [0.1, 0.15) is 6.10 Å². The van der Waals surface area contributed by atoms with Crippen molar-refractivity contribution < 1.29 is 24.2 Å². The van der Waals surface area contributed by atoms with Crippen molar-refractivity contribution in [2.24, 2.45) is 0 Å². The molecule has 0 aliphatic heterocycles. The van der Waals surface area contributed by atoms with Crippen LogP contribution < -0.4 is 0 Å². The Morgan fingerprint density at radius 2 is 2.06 bits per heavy atom. The number of hydrogen-bond donors (Lipinski definition) is 1. The Labute approximate surface area is 95.1 Å². The molecule has 0 spiro atoms. The number of methoxy groups -OCH3 is 1. The maximum absolute atomic E-state index is 11.3. The summed E-state index contributed by atoms with van der Waals surface area (Å²) in [5, 5.41) is 8.45. The van der Waals surface area contributed by atoms with Crippen LogP contribution in [-0.2, 0) is 19.1 Å². The van der Waals surface area contributed by atoms with Gasteiger partial charge >= 0.3 is 11.9 Å². The van der Waals surface area contributed by atoms with Gasteiger partial charge in [-0.25, -0.2) is 0 Å². The van der Waals surface area contributed by atoms with E-state index in [-0.39, 0.29) is 25.0 Å². The maximum Gasteiger partial charge on any atom is 0.320 e. The number of carbonyl (C=O) groups is 2. The van der Waals surface area contributed by atoms with E-state index in [1.54, 1.807) is 18.9 Å². The van der Waals surface area contributed by atoms with Gasteiger partial charge in [0.15, 0.2) is 0 Å². The Kier molecular flexibility index (Phi) is 7.49. The van der Waals surface area contributed by atoms with Gasteiger partial charge in [0, 0.05) is 13.7 Å². The summed E-state index contributed by atoms with van der Waals surface area (Å²) in [6, 6.07) is 0. The van der Waals surface area contributed by atoms with Crippen LogP contribution in [0.15, 0.2) is 0 Å². The second-order valence-corrected chi connectivity index (χ2v) is 3.64. The smallest absolute Gasteiger partial charge is 0.320 e. The molecule has 16 heavy (non-hydrogen) atoms. The predicted octanol–water partition coefficient (Wildman–Crippen LogP) is -0.0290. The number of esters is 1. The lowest BCUT2D eigenvalue weighted by atomic mass is 10.4. The molecule has 94 valence electrons. The number of nitrogens with zero attached hydrogens (tertiary/aromatic N) is 1. The number of hydrogen-bond acceptors (Lipinski definition) is 5. The minimum Gasteiger partial charge on any atom is -0.481 e. The minimum atomic E-state index is -0.882. The lowest BCUT2D eigenvalue weighted by molar-refractivity contribution is -0.152. The third-order valence-corrected chi connectivity index (χ3v) is 1.84. The van der Waals surface area contributed by atoms with Crippen molar-refractivity contribution in [3.8, 4) is 0 Å². The average Bonchev–Trinajstić information content (AvgIpc) is 2.14. The molecule has 0 saturated carbocycles. The van der Waals surface area contributed by atoms with Crippen molar-refractivity contribution in [1.29, 1.82) is 0 Å². The molecule has 0 fully saturated rings. The molecule has 0 amide bonds. The molecule has 0 bridgehead atoms. The number of likely N-dealkylation sites (N-methyl/N-ethyl adjacent to an activating group) is 1. The number of rotatable bonds is 8. The molecule has 0 rings (SSSR count). The van der Waals surface area contributed by atoms with Crippen LogP contribution in [0.1, 0.15) is 13.3 Å². The standard InChI is InChI=1S/C10H19NO5/c1-8(7-15-3)16-10(14)6-11(2)5-4-9(12)13/h8H,4-7H2,1-3H3,(H,12,13). The SMILES string of the molecule is COCC(C)OC(=O)CN(C)CCC(=O)O. The fraction of sp³-hybridized carbons (Fsp3) is 0.800. The van der Waals surface area contributed by atoms with Crippen LogP contribution in [0.4, 0.5) is 0 Å². The molecule has 0 aromatic heterocycles. The zero-order valence-corrected chi connectivity index (χ0v) is 9.93. The third kappa shape index (κ3) is 8.19. The molecular formula is C10H19NO5. The lowest BCUT2D eigenvalue weighted by Gasteiger charge is -2.17. The van der Waals surface area contributed by atoms with E-state index in [2.05, 4.69) is 0 Å². The minimum absolute atomic E-state index is 0.0113. The summed E-state index contributed by atoms with van der Waals surface area (Å²) in [5.74, 6) is -1.26. The zero-order valence-electron chi connectivity index (χ0n) is 9.93. The third-order valence-electron chi connectivity index (χ3n) is 1.84. The monoisotopic (exact) mass is 233 g/mol. The molecule has 6 nitrogen and oxygen atoms in total. The summed E-state index contributed by atoms with van der Waals surface area (Å²) in [7, 11) is 3.20. The molecule has 6 heteroatoms. The van der Waals surface area contributed by atoms with Crippen LogP contribution in [0, 0.1) is 0 Å². The highest BCUT2D eigenvalue weighted by Gasteiger charge is 2.12.